The van der Waals surface area contributed by atoms with E-state index < -0.39 is 0 Å². The third-order valence-corrected chi connectivity index (χ3v) is 4.76. The molecule has 1 N–H and O–H groups in total. The summed E-state index contributed by atoms with van der Waals surface area (Å²) >= 11 is 5.82. The molecule has 1 saturated heterocycles. The lowest BCUT2D eigenvalue weighted by molar-refractivity contribution is 0.199. The van der Waals surface area contributed by atoms with Crippen LogP contribution in [0.3, 0.4) is 0 Å². The van der Waals surface area contributed by atoms with Gasteiger partial charge in [0.1, 0.15) is 18.1 Å². The molecule has 2 aromatic heterocycles. The van der Waals surface area contributed by atoms with Gasteiger partial charge in [0.15, 0.2) is 0 Å². The molecule has 1 aliphatic rings. The zero-order chi connectivity index (χ0) is 19.3. The van der Waals surface area contributed by atoms with Gasteiger partial charge in [-0.15, -0.1) is 0 Å². The monoisotopic (exact) mass is 397 g/mol. The third-order valence-electron chi connectivity index (χ3n) is 4.53. The first-order valence-electron chi connectivity index (χ1n) is 9.07. The van der Waals surface area contributed by atoms with Crippen molar-refractivity contribution in [1.82, 2.24) is 14.9 Å². The number of benzene rings is 1. The average Bonchev–Trinajstić information content (AvgIpc) is 2.67. The molecule has 0 atom stereocenters. The Bertz CT molecular complexity index is 983. The highest BCUT2D eigenvalue weighted by molar-refractivity contribution is 6.30. The second kappa shape index (κ2) is 8.46. The Labute approximate surface area is 167 Å². The Balaban J connectivity index is 1.39. The fourth-order valence-electron chi connectivity index (χ4n) is 2.80. The van der Waals surface area contributed by atoms with Crippen LogP contribution in [0.1, 0.15) is 5.69 Å². The Kier molecular flexibility index (Phi) is 5.60. The molecule has 6 nitrogen and oxygen atoms in total. The standard InChI is InChI=1S/C21H20ClN3O3/c22-16-1-2-17(24-12-16)14-28-20-7-8-25(21(26)9-20)18-3-5-19(6-4-18)27-13-15-10-23-11-15/h1-9,12,15,23H,10-11,13-14H2. The van der Waals surface area contributed by atoms with Gasteiger partial charge in [0.2, 0.25) is 0 Å². The van der Waals surface area contributed by atoms with Gasteiger partial charge in [-0.25, -0.2) is 0 Å². The van der Waals surface area contributed by atoms with Crippen LogP contribution in [0.15, 0.2) is 65.7 Å². The topological polar surface area (TPSA) is 65.4 Å². The van der Waals surface area contributed by atoms with E-state index in [0.717, 1.165) is 30.2 Å². The Morgan fingerprint density at radius 2 is 1.89 bits per heavy atom. The van der Waals surface area contributed by atoms with Crippen molar-refractivity contribution >= 4 is 11.6 Å². The lowest BCUT2D eigenvalue weighted by Gasteiger charge is -2.26. The van der Waals surface area contributed by atoms with Crippen molar-refractivity contribution < 1.29 is 9.47 Å². The zero-order valence-corrected chi connectivity index (χ0v) is 15.9. The largest absolute Gasteiger partial charge is 0.493 e. The van der Waals surface area contributed by atoms with Gasteiger partial charge in [-0.1, -0.05) is 11.6 Å². The van der Waals surface area contributed by atoms with Crippen molar-refractivity contribution in [1.29, 1.82) is 0 Å². The number of rotatable bonds is 7. The minimum absolute atomic E-state index is 0.171. The van der Waals surface area contributed by atoms with Crippen LogP contribution in [0, 0.1) is 5.92 Å². The van der Waals surface area contributed by atoms with Crippen molar-refractivity contribution in [3.63, 3.8) is 0 Å². The van der Waals surface area contributed by atoms with E-state index >= 15 is 0 Å². The van der Waals surface area contributed by atoms with E-state index in [0.29, 0.717) is 23.3 Å². The molecule has 4 rings (SSSR count). The maximum absolute atomic E-state index is 12.5. The summed E-state index contributed by atoms with van der Waals surface area (Å²) < 4.78 is 13.0. The predicted molar refractivity (Wildman–Crippen MR) is 107 cm³/mol. The van der Waals surface area contributed by atoms with Crippen LogP contribution in [0.4, 0.5) is 0 Å². The number of hydrogen-bond donors (Lipinski definition) is 1. The van der Waals surface area contributed by atoms with Crippen LogP contribution in [0.2, 0.25) is 5.02 Å². The number of nitrogens with zero attached hydrogens (tertiary/aromatic N) is 2. The first-order valence-corrected chi connectivity index (χ1v) is 9.45. The van der Waals surface area contributed by atoms with Crippen LogP contribution in [-0.2, 0) is 6.61 Å². The highest BCUT2D eigenvalue weighted by Gasteiger charge is 2.17. The van der Waals surface area contributed by atoms with Gasteiger partial charge >= 0.3 is 0 Å². The van der Waals surface area contributed by atoms with Crippen molar-refractivity contribution in [2.75, 3.05) is 19.7 Å². The van der Waals surface area contributed by atoms with E-state index in [1.165, 1.54) is 6.07 Å². The molecule has 0 radical (unpaired) electrons. The van der Waals surface area contributed by atoms with E-state index in [4.69, 9.17) is 21.1 Å². The zero-order valence-electron chi connectivity index (χ0n) is 15.2. The smallest absolute Gasteiger partial charge is 0.258 e. The molecule has 1 fully saturated rings. The van der Waals surface area contributed by atoms with Gasteiger partial charge in [0.25, 0.3) is 5.56 Å². The Morgan fingerprint density at radius 1 is 1.07 bits per heavy atom. The molecular weight excluding hydrogens is 378 g/mol. The summed E-state index contributed by atoms with van der Waals surface area (Å²) in [5.74, 6) is 1.88. The summed E-state index contributed by atoms with van der Waals surface area (Å²) in [4.78, 5) is 16.6. The number of nitrogens with one attached hydrogen (secondary N) is 1. The van der Waals surface area contributed by atoms with Gasteiger partial charge in [-0.05, 0) is 42.5 Å². The summed E-state index contributed by atoms with van der Waals surface area (Å²) in [5.41, 5.74) is 1.34. The lowest BCUT2D eigenvalue weighted by atomic mass is 10.1. The number of halogens is 1. The molecule has 28 heavy (non-hydrogen) atoms. The Hall–Kier alpha value is -2.83. The van der Waals surface area contributed by atoms with E-state index in [1.807, 2.05) is 24.3 Å². The summed E-state index contributed by atoms with van der Waals surface area (Å²) in [7, 11) is 0. The SMILES string of the molecule is O=c1cc(OCc2ccc(Cl)cn2)ccn1-c1ccc(OCC2CNC2)cc1. The van der Waals surface area contributed by atoms with Crippen LogP contribution in [0.5, 0.6) is 11.5 Å². The fourth-order valence-corrected chi connectivity index (χ4v) is 2.91. The highest BCUT2D eigenvalue weighted by Crippen LogP contribution is 2.17. The van der Waals surface area contributed by atoms with Crippen LogP contribution < -0.4 is 20.3 Å². The number of aromatic nitrogens is 2. The van der Waals surface area contributed by atoms with Gasteiger partial charge in [-0.3, -0.25) is 14.3 Å². The van der Waals surface area contributed by atoms with Gasteiger partial charge in [0, 0.05) is 43.2 Å². The molecule has 0 spiro atoms. The second-order valence-electron chi connectivity index (χ2n) is 6.66. The quantitative estimate of drug-likeness (QED) is 0.663. The predicted octanol–water partition coefficient (Wildman–Crippen LogP) is 3.06. The van der Waals surface area contributed by atoms with Crippen LogP contribution in [-0.4, -0.2) is 29.2 Å². The molecule has 7 heteroatoms. The number of hydrogen-bond acceptors (Lipinski definition) is 5. The fraction of sp³-hybridized carbons (Fsp3) is 0.238. The first kappa shape index (κ1) is 18.5. The van der Waals surface area contributed by atoms with Crippen molar-refractivity contribution in [3.05, 3.63) is 82.0 Å². The van der Waals surface area contributed by atoms with Crippen molar-refractivity contribution in [2.24, 2.45) is 5.92 Å². The minimum Gasteiger partial charge on any atom is -0.493 e. The lowest BCUT2D eigenvalue weighted by Crippen LogP contribution is -2.45. The minimum atomic E-state index is -0.171. The molecule has 0 bridgehead atoms. The van der Waals surface area contributed by atoms with Crippen LogP contribution in [0.25, 0.3) is 5.69 Å². The average molecular weight is 398 g/mol. The molecule has 0 amide bonds. The molecule has 144 valence electrons. The molecular formula is C21H20ClN3O3. The second-order valence-corrected chi connectivity index (χ2v) is 7.09. The van der Waals surface area contributed by atoms with Crippen molar-refractivity contribution in [3.8, 4) is 17.2 Å². The van der Waals surface area contributed by atoms with Crippen LogP contribution >= 0.6 is 11.6 Å². The Morgan fingerprint density at radius 3 is 2.54 bits per heavy atom. The normalized spacial score (nSPS) is 13.8. The van der Waals surface area contributed by atoms with E-state index in [-0.39, 0.29) is 12.2 Å². The summed E-state index contributed by atoms with van der Waals surface area (Å²) in [6.45, 7) is 3.00. The maximum atomic E-state index is 12.5. The molecule has 0 unspecified atom stereocenters. The molecule has 0 aliphatic carbocycles. The number of ether oxygens (including phenoxy) is 2. The third kappa shape index (κ3) is 4.52. The van der Waals surface area contributed by atoms with Gasteiger partial charge in [-0.2, -0.15) is 0 Å². The van der Waals surface area contributed by atoms with Crippen molar-refractivity contribution in [2.45, 2.75) is 6.61 Å². The summed E-state index contributed by atoms with van der Waals surface area (Å²) in [5, 5.41) is 3.79. The van der Waals surface area contributed by atoms with Gasteiger partial charge in [0.05, 0.1) is 17.3 Å². The first-order chi connectivity index (χ1) is 13.7. The molecule has 0 saturated carbocycles. The van der Waals surface area contributed by atoms with E-state index in [2.05, 4.69) is 10.3 Å². The van der Waals surface area contributed by atoms with E-state index in [9.17, 15) is 4.79 Å². The molecule has 1 aromatic carbocycles. The summed E-state index contributed by atoms with van der Waals surface area (Å²) in [6, 6.07) is 14.3. The molecule has 1 aliphatic heterocycles. The molecule has 3 heterocycles. The maximum Gasteiger partial charge on any atom is 0.258 e. The highest BCUT2D eigenvalue weighted by atomic mass is 35.5. The number of pyridine rings is 2. The molecule has 3 aromatic rings. The van der Waals surface area contributed by atoms with E-state index in [1.54, 1.807) is 35.2 Å². The van der Waals surface area contributed by atoms with Gasteiger partial charge < -0.3 is 14.8 Å². The summed E-state index contributed by atoms with van der Waals surface area (Å²) in [6.07, 6.45) is 3.26.